The molecular weight excluding hydrogens is 430 g/mol. The summed E-state index contributed by atoms with van der Waals surface area (Å²) >= 11 is 5.90. The Hall–Kier alpha value is -3.11. The number of imidazole rings is 1. The predicted octanol–water partition coefficient (Wildman–Crippen LogP) is 6.12. The van der Waals surface area contributed by atoms with Crippen LogP contribution < -0.4 is 5.32 Å². The van der Waals surface area contributed by atoms with Crippen LogP contribution in [0.3, 0.4) is 0 Å². The number of halogens is 1. The molecule has 1 amide bonds. The van der Waals surface area contributed by atoms with Gasteiger partial charge in [-0.2, -0.15) is 0 Å². The molecule has 0 saturated heterocycles. The van der Waals surface area contributed by atoms with E-state index >= 15 is 0 Å². The molecule has 0 atom stereocenters. The topological polar surface area (TPSA) is 46.9 Å². The van der Waals surface area contributed by atoms with E-state index in [9.17, 15) is 4.79 Å². The van der Waals surface area contributed by atoms with Crippen molar-refractivity contribution in [3.05, 3.63) is 100 Å². The molecule has 0 aliphatic carbocycles. The third-order valence-corrected chi connectivity index (χ3v) is 6.25. The van der Waals surface area contributed by atoms with Gasteiger partial charge in [-0.15, -0.1) is 0 Å². The molecule has 0 spiro atoms. The minimum absolute atomic E-state index is 0.0531. The van der Waals surface area contributed by atoms with Crippen LogP contribution in [-0.2, 0) is 24.2 Å². The van der Waals surface area contributed by atoms with Gasteiger partial charge in [0.05, 0.1) is 17.5 Å². The van der Waals surface area contributed by atoms with Gasteiger partial charge in [-0.3, -0.25) is 4.79 Å². The number of hydrogen-bond acceptors (Lipinski definition) is 2. The number of benzene rings is 3. The number of carbonyl (C=O) groups excluding carboxylic acids is 1. The number of aryl methyl sites for hydroxylation is 2. The smallest absolute Gasteiger partial charge is 0.224 e. The third-order valence-electron chi connectivity index (χ3n) is 6.00. The molecule has 33 heavy (non-hydrogen) atoms. The fourth-order valence-electron chi connectivity index (χ4n) is 4.11. The van der Waals surface area contributed by atoms with Gasteiger partial charge in [0, 0.05) is 24.5 Å². The van der Waals surface area contributed by atoms with Crippen LogP contribution in [0.1, 0.15) is 41.8 Å². The van der Waals surface area contributed by atoms with Crippen LogP contribution in [0.4, 0.5) is 0 Å². The number of carbonyl (C=O) groups is 1. The fourth-order valence-corrected chi connectivity index (χ4v) is 4.24. The second-order valence-electron chi connectivity index (χ2n) is 8.49. The minimum Gasteiger partial charge on any atom is -0.356 e. The molecule has 4 rings (SSSR count). The van der Waals surface area contributed by atoms with Crippen molar-refractivity contribution in [1.29, 1.82) is 0 Å². The molecule has 170 valence electrons. The SMILES string of the molecule is Cc1ccccc1Cn1c(CCCCCNC(=O)Cc2ccc(Cl)cc2)nc2ccccc21. The van der Waals surface area contributed by atoms with Gasteiger partial charge in [-0.25, -0.2) is 4.98 Å². The van der Waals surface area contributed by atoms with E-state index in [0.29, 0.717) is 18.0 Å². The molecule has 1 aromatic heterocycles. The minimum atomic E-state index is 0.0531. The Morgan fingerprint density at radius 3 is 2.52 bits per heavy atom. The molecule has 0 saturated carbocycles. The van der Waals surface area contributed by atoms with Gasteiger partial charge in [0.2, 0.25) is 5.91 Å². The molecule has 0 unspecified atom stereocenters. The fraction of sp³-hybridized carbons (Fsp3) is 0.286. The van der Waals surface area contributed by atoms with Crippen LogP contribution in [-0.4, -0.2) is 22.0 Å². The van der Waals surface area contributed by atoms with E-state index in [-0.39, 0.29) is 5.91 Å². The summed E-state index contributed by atoms with van der Waals surface area (Å²) < 4.78 is 2.35. The first-order valence-corrected chi connectivity index (χ1v) is 12.0. The van der Waals surface area contributed by atoms with Gasteiger partial charge in [-0.05, 0) is 60.7 Å². The average Bonchev–Trinajstić information content (AvgIpc) is 3.16. The maximum atomic E-state index is 12.1. The molecule has 1 N–H and O–H groups in total. The Labute approximate surface area is 200 Å². The van der Waals surface area contributed by atoms with Crippen LogP contribution >= 0.6 is 11.6 Å². The Morgan fingerprint density at radius 2 is 1.70 bits per heavy atom. The molecule has 0 fully saturated rings. The summed E-state index contributed by atoms with van der Waals surface area (Å²) in [4.78, 5) is 17.1. The molecule has 0 radical (unpaired) electrons. The molecular formula is C28H30ClN3O. The van der Waals surface area contributed by atoms with Gasteiger partial charge in [0.15, 0.2) is 0 Å². The van der Waals surface area contributed by atoms with Crippen LogP contribution in [0.2, 0.25) is 5.02 Å². The van der Waals surface area contributed by atoms with Crippen molar-refractivity contribution in [2.45, 2.75) is 45.6 Å². The molecule has 4 nitrogen and oxygen atoms in total. The Morgan fingerprint density at radius 1 is 0.939 bits per heavy atom. The van der Waals surface area contributed by atoms with E-state index in [2.05, 4.69) is 59.3 Å². The van der Waals surface area contributed by atoms with Crippen molar-refractivity contribution in [3.8, 4) is 0 Å². The zero-order valence-corrected chi connectivity index (χ0v) is 19.8. The molecule has 3 aromatic carbocycles. The zero-order valence-electron chi connectivity index (χ0n) is 19.1. The first kappa shape index (κ1) is 23.1. The number of nitrogens with one attached hydrogen (secondary N) is 1. The standard InChI is InChI=1S/C28H30ClN3O/c1-21-9-4-5-10-23(21)20-32-26-12-7-6-11-25(26)31-27(32)13-3-2-8-18-30-28(33)19-22-14-16-24(29)17-15-22/h4-7,9-12,14-17H,2-3,8,13,18-20H2,1H3,(H,30,33). The van der Waals surface area contributed by atoms with Crippen molar-refractivity contribution in [2.75, 3.05) is 6.54 Å². The lowest BCUT2D eigenvalue weighted by Crippen LogP contribution is -2.26. The zero-order chi connectivity index (χ0) is 23.0. The first-order chi connectivity index (χ1) is 16.1. The number of hydrogen-bond donors (Lipinski definition) is 1. The highest BCUT2D eigenvalue weighted by Gasteiger charge is 2.11. The lowest BCUT2D eigenvalue weighted by molar-refractivity contribution is -0.120. The Balaban J connectivity index is 1.28. The quantitative estimate of drug-likeness (QED) is 0.290. The van der Waals surface area contributed by atoms with Crippen molar-refractivity contribution in [3.63, 3.8) is 0 Å². The number of fused-ring (bicyclic) bond motifs is 1. The van der Waals surface area contributed by atoms with Crippen LogP contribution in [0, 0.1) is 6.92 Å². The van der Waals surface area contributed by atoms with Gasteiger partial charge in [-0.1, -0.05) is 66.6 Å². The van der Waals surface area contributed by atoms with E-state index in [1.54, 1.807) is 0 Å². The normalized spacial score (nSPS) is 11.1. The van der Waals surface area contributed by atoms with Crippen molar-refractivity contribution in [2.24, 2.45) is 0 Å². The molecule has 5 heteroatoms. The summed E-state index contributed by atoms with van der Waals surface area (Å²) in [6.45, 7) is 3.70. The van der Waals surface area contributed by atoms with Gasteiger partial charge in [0.1, 0.15) is 5.82 Å². The van der Waals surface area contributed by atoms with Gasteiger partial charge in [0.25, 0.3) is 0 Å². The monoisotopic (exact) mass is 459 g/mol. The molecule has 4 aromatic rings. The predicted molar refractivity (Wildman–Crippen MR) is 136 cm³/mol. The highest BCUT2D eigenvalue weighted by atomic mass is 35.5. The van der Waals surface area contributed by atoms with Crippen molar-refractivity contribution >= 4 is 28.5 Å². The van der Waals surface area contributed by atoms with Crippen molar-refractivity contribution < 1.29 is 4.79 Å². The number of nitrogens with zero attached hydrogens (tertiary/aromatic N) is 2. The second kappa shape index (κ2) is 11.2. The van der Waals surface area contributed by atoms with E-state index in [1.807, 2.05) is 30.3 Å². The van der Waals surface area contributed by atoms with Crippen LogP contribution in [0.5, 0.6) is 0 Å². The number of para-hydroxylation sites is 2. The van der Waals surface area contributed by atoms with E-state index in [1.165, 1.54) is 16.6 Å². The lowest BCUT2D eigenvalue weighted by Gasteiger charge is -2.12. The number of amides is 1. The van der Waals surface area contributed by atoms with Crippen LogP contribution in [0.25, 0.3) is 11.0 Å². The highest BCUT2D eigenvalue weighted by molar-refractivity contribution is 6.30. The summed E-state index contributed by atoms with van der Waals surface area (Å²) in [7, 11) is 0. The van der Waals surface area contributed by atoms with Crippen LogP contribution in [0.15, 0.2) is 72.8 Å². The lowest BCUT2D eigenvalue weighted by atomic mass is 10.1. The summed E-state index contributed by atoms with van der Waals surface area (Å²) in [6, 6.07) is 24.3. The maximum absolute atomic E-state index is 12.1. The molecule has 0 bridgehead atoms. The Bertz CT molecular complexity index is 1210. The summed E-state index contributed by atoms with van der Waals surface area (Å²) in [5.74, 6) is 1.18. The van der Waals surface area contributed by atoms with Crippen molar-refractivity contribution in [1.82, 2.24) is 14.9 Å². The summed E-state index contributed by atoms with van der Waals surface area (Å²) in [5.41, 5.74) is 5.84. The maximum Gasteiger partial charge on any atom is 0.224 e. The first-order valence-electron chi connectivity index (χ1n) is 11.6. The average molecular weight is 460 g/mol. The Kier molecular flexibility index (Phi) is 7.79. The van der Waals surface area contributed by atoms with Gasteiger partial charge < -0.3 is 9.88 Å². The largest absolute Gasteiger partial charge is 0.356 e. The number of aromatic nitrogens is 2. The third kappa shape index (κ3) is 6.23. The number of unbranched alkanes of at least 4 members (excludes halogenated alkanes) is 2. The van der Waals surface area contributed by atoms with E-state index < -0.39 is 0 Å². The van der Waals surface area contributed by atoms with E-state index in [0.717, 1.165) is 49.1 Å². The molecule has 0 aliphatic heterocycles. The van der Waals surface area contributed by atoms with E-state index in [4.69, 9.17) is 16.6 Å². The second-order valence-corrected chi connectivity index (χ2v) is 8.93. The van der Waals surface area contributed by atoms with Gasteiger partial charge >= 0.3 is 0 Å². The molecule has 0 aliphatic rings. The number of rotatable bonds is 10. The molecule has 1 heterocycles. The summed E-state index contributed by atoms with van der Waals surface area (Å²) in [5, 5.41) is 3.71. The highest BCUT2D eigenvalue weighted by Crippen LogP contribution is 2.21. The summed E-state index contributed by atoms with van der Waals surface area (Å²) in [6.07, 6.45) is 4.38.